The Balaban J connectivity index is 2.15. The number of aryl methyl sites for hydroxylation is 2. The first-order chi connectivity index (χ1) is 9.47. The van der Waals surface area contributed by atoms with E-state index in [1.807, 2.05) is 41.4 Å². The third-order valence-corrected chi connectivity index (χ3v) is 4.21. The van der Waals surface area contributed by atoms with Crippen LogP contribution < -0.4 is 5.73 Å². The highest BCUT2D eigenvalue weighted by Gasteiger charge is 2.14. The Morgan fingerprint density at radius 3 is 2.70 bits per heavy atom. The zero-order valence-electron chi connectivity index (χ0n) is 11.7. The normalized spacial score (nSPS) is 11.4. The van der Waals surface area contributed by atoms with E-state index in [1.54, 1.807) is 0 Å². The van der Waals surface area contributed by atoms with Crippen molar-refractivity contribution in [1.82, 2.24) is 19.3 Å². The number of fused-ring (bicyclic) bond motifs is 1. The topological polar surface area (TPSA) is 61.7 Å². The molecule has 6 heteroatoms. The SMILES string of the molecule is Cc1nn(C)c(C)c1Cn1c(N)nc2ccc(Br)cc21. The van der Waals surface area contributed by atoms with Gasteiger partial charge in [0.25, 0.3) is 0 Å². The molecule has 20 heavy (non-hydrogen) atoms. The maximum Gasteiger partial charge on any atom is 0.201 e. The van der Waals surface area contributed by atoms with Gasteiger partial charge in [0, 0.05) is 22.8 Å². The van der Waals surface area contributed by atoms with E-state index in [9.17, 15) is 0 Å². The van der Waals surface area contributed by atoms with Crippen molar-refractivity contribution < 1.29 is 0 Å². The van der Waals surface area contributed by atoms with Crippen LogP contribution in [0.5, 0.6) is 0 Å². The summed E-state index contributed by atoms with van der Waals surface area (Å²) in [6.45, 7) is 4.78. The van der Waals surface area contributed by atoms with E-state index < -0.39 is 0 Å². The van der Waals surface area contributed by atoms with Crippen LogP contribution in [0.15, 0.2) is 22.7 Å². The van der Waals surface area contributed by atoms with Gasteiger partial charge in [0.1, 0.15) is 0 Å². The molecule has 3 aromatic rings. The van der Waals surface area contributed by atoms with Crippen LogP contribution >= 0.6 is 15.9 Å². The van der Waals surface area contributed by atoms with Gasteiger partial charge < -0.3 is 10.3 Å². The molecule has 1 aromatic carbocycles. The summed E-state index contributed by atoms with van der Waals surface area (Å²) in [4.78, 5) is 4.41. The number of halogens is 1. The molecule has 0 amide bonds. The number of nitrogens with zero attached hydrogens (tertiary/aromatic N) is 4. The number of benzene rings is 1. The standard InChI is InChI=1S/C14H16BrN5/c1-8-11(9(2)19(3)18-8)7-20-13-6-10(15)4-5-12(13)17-14(20)16/h4-6H,7H2,1-3H3,(H2,16,17). The molecule has 0 saturated heterocycles. The van der Waals surface area contributed by atoms with Gasteiger partial charge in [0.2, 0.25) is 5.95 Å². The molecular formula is C14H16BrN5. The first kappa shape index (κ1) is 13.2. The Kier molecular flexibility index (Phi) is 3.05. The van der Waals surface area contributed by atoms with Gasteiger partial charge in [-0.1, -0.05) is 15.9 Å². The Labute approximate surface area is 125 Å². The van der Waals surface area contributed by atoms with Gasteiger partial charge in [-0.15, -0.1) is 0 Å². The van der Waals surface area contributed by atoms with E-state index in [0.29, 0.717) is 12.5 Å². The number of hydrogen-bond acceptors (Lipinski definition) is 3. The lowest BCUT2D eigenvalue weighted by molar-refractivity contribution is 0.728. The molecule has 2 N–H and O–H groups in total. The van der Waals surface area contributed by atoms with E-state index in [2.05, 4.69) is 32.9 Å². The van der Waals surface area contributed by atoms with E-state index in [-0.39, 0.29) is 0 Å². The number of nitrogens with two attached hydrogens (primary N) is 1. The van der Waals surface area contributed by atoms with Crippen LogP contribution in [0.2, 0.25) is 0 Å². The lowest BCUT2D eigenvalue weighted by Crippen LogP contribution is -2.06. The van der Waals surface area contributed by atoms with Crippen molar-refractivity contribution in [2.75, 3.05) is 5.73 Å². The van der Waals surface area contributed by atoms with Gasteiger partial charge >= 0.3 is 0 Å². The molecule has 0 spiro atoms. The third-order valence-electron chi connectivity index (χ3n) is 3.71. The quantitative estimate of drug-likeness (QED) is 0.784. The average Bonchev–Trinajstić information content (AvgIpc) is 2.82. The Hall–Kier alpha value is -1.82. The van der Waals surface area contributed by atoms with Crippen molar-refractivity contribution in [2.45, 2.75) is 20.4 Å². The number of anilines is 1. The molecule has 104 valence electrons. The molecule has 0 unspecified atom stereocenters. The van der Waals surface area contributed by atoms with Crippen molar-refractivity contribution in [1.29, 1.82) is 0 Å². The largest absolute Gasteiger partial charge is 0.369 e. The van der Waals surface area contributed by atoms with Crippen molar-refractivity contribution >= 4 is 32.9 Å². The van der Waals surface area contributed by atoms with E-state index in [0.717, 1.165) is 26.9 Å². The predicted octanol–water partition coefficient (Wildman–Crippen LogP) is 2.78. The van der Waals surface area contributed by atoms with E-state index >= 15 is 0 Å². The average molecular weight is 334 g/mol. The summed E-state index contributed by atoms with van der Waals surface area (Å²) < 4.78 is 4.94. The fourth-order valence-corrected chi connectivity index (χ4v) is 2.83. The molecule has 0 bridgehead atoms. The van der Waals surface area contributed by atoms with Crippen LogP contribution in [0.3, 0.4) is 0 Å². The molecule has 3 rings (SSSR count). The number of nitrogen functional groups attached to an aromatic ring is 1. The molecule has 0 aliphatic rings. The van der Waals surface area contributed by atoms with Crippen LogP contribution in [0.25, 0.3) is 11.0 Å². The number of hydrogen-bond donors (Lipinski definition) is 1. The van der Waals surface area contributed by atoms with Gasteiger partial charge in [-0.3, -0.25) is 4.68 Å². The second-order valence-electron chi connectivity index (χ2n) is 4.96. The van der Waals surface area contributed by atoms with Gasteiger partial charge in [-0.2, -0.15) is 5.10 Å². The first-order valence-corrected chi connectivity index (χ1v) is 7.17. The zero-order valence-corrected chi connectivity index (χ0v) is 13.3. The number of rotatable bonds is 2. The second kappa shape index (κ2) is 4.63. The zero-order chi connectivity index (χ0) is 14.4. The number of imidazole rings is 1. The monoisotopic (exact) mass is 333 g/mol. The third kappa shape index (κ3) is 2.00. The molecular weight excluding hydrogens is 318 g/mol. The predicted molar refractivity (Wildman–Crippen MR) is 83.6 cm³/mol. The maximum atomic E-state index is 6.07. The molecule has 2 heterocycles. The van der Waals surface area contributed by atoms with Crippen LogP contribution in [0, 0.1) is 13.8 Å². The van der Waals surface area contributed by atoms with Gasteiger partial charge in [0.05, 0.1) is 23.3 Å². The maximum absolute atomic E-state index is 6.07. The van der Waals surface area contributed by atoms with Crippen molar-refractivity contribution in [3.05, 3.63) is 39.6 Å². The molecule has 0 radical (unpaired) electrons. The summed E-state index contributed by atoms with van der Waals surface area (Å²) in [5.74, 6) is 0.528. The Morgan fingerprint density at radius 1 is 1.30 bits per heavy atom. The molecule has 0 saturated carbocycles. The highest BCUT2D eigenvalue weighted by molar-refractivity contribution is 9.10. The van der Waals surface area contributed by atoms with E-state index in [4.69, 9.17) is 5.73 Å². The molecule has 5 nitrogen and oxygen atoms in total. The van der Waals surface area contributed by atoms with Gasteiger partial charge in [0.15, 0.2) is 0 Å². The summed E-state index contributed by atoms with van der Waals surface area (Å²) >= 11 is 3.50. The minimum atomic E-state index is 0.528. The summed E-state index contributed by atoms with van der Waals surface area (Å²) in [6, 6.07) is 5.98. The highest BCUT2D eigenvalue weighted by atomic mass is 79.9. The smallest absolute Gasteiger partial charge is 0.201 e. The summed E-state index contributed by atoms with van der Waals surface area (Å²) in [5.41, 5.74) is 11.4. The van der Waals surface area contributed by atoms with Crippen LogP contribution in [0.1, 0.15) is 17.0 Å². The summed E-state index contributed by atoms with van der Waals surface area (Å²) in [6.07, 6.45) is 0. The summed E-state index contributed by atoms with van der Waals surface area (Å²) in [5, 5.41) is 4.45. The minimum Gasteiger partial charge on any atom is -0.369 e. The number of aromatic nitrogens is 4. The van der Waals surface area contributed by atoms with Crippen LogP contribution in [0.4, 0.5) is 5.95 Å². The molecule has 0 aliphatic heterocycles. The minimum absolute atomic E-state index is 0.528. The van der Waals surface area contributed by atoms with Gasteiger partial charge in [-0.25, -0.2) is 4.98 Å². The molecule has 0 aliphatic carbocycles. The molecule has 2 aromatic heterocycles. The van der Waals surface area contributed by atoms with Crippen molar-refractivity contribution in [3.63, 3.8) is 0 Å². The fourth-order valence-electron chi connectivity index (χ4n) is 2.49. The van der Waals surface area contributed by atoms with Crippen LogP contribution in [-0.2, 0) is 13.6 Å². The Bertz CT molecular complexity index is 800. The van der Waals surface area contributed by atoms with E-state index in [1.165, 1.54) is 5.56 Å². The lowest BCUT2D eigenvalue weighted by atomic mass is 10.2. The lowest BCUT2D eigenvalue weighted by Gasteiger charge is -2.07. The van der Waals surface area contributed by atoms with Crippen LogP contribution in [-0.4, -0.2) is 19.3 Å². The molecule has 0 fully saturated rings. The Morgan fingerprint density at radius 2 is 2.05 bits per heavy atom. The highest BCUT2D eigenvalue weighted by Crippen LogP contribution is 2.24. The first-order valence-electron chi connectivity index (χ1n) is 6.37. The molecule has 0 atom stereocenters. The fraction of sp³-hybridized carbons (Fsp3) is 0.286. The van der Waals surface area contributed by atoms with Crippen molar-refractivity contribution in [3.8, 4) is 0 Å². The van der Waals surface area contributed by atoms with Gasteiger partial charge in [-0.05, 0) is 32.0 Å². The van der Waals surface area contributed by atoms with Crippen molar-refractivity contribution in [2.24, 2.45) is 7.05 Å². The summed E-state index contributed by atoms with van der Waals surface area (Å²) in [7, 11) is 1.96. The second-order valence-corrected chi connectivity index (χ2v) is 5.88.